The third kappa shape index (κ3) is 3.96. The minimum Gasteiger partial charge on any atom is -0.376 e. The van der Waals surface area contributed by atoms with Gasteiger partial charge in [-0.3, -0.25) is 9.58 Å². The van der Waals surface area contributed by atoms with Gasteiger partial charge in [-0.05, 0) is 31.5 Å². The van der Waals surface area contributed by atoms with E-state index in [9.17, 15) is 12.8 Å². The van der Waals surface area contributed by atoms with Crippen molar-refractivity contribution in [2.75, 3.05) is 32.8 Å². The quantitative estimate of drug-likeness (QED) is 0.737. The second-order valence-corrected chi connectivity index (χ2v) is 9.52. The molecule has 0 spiro atoms. The summed E-state index contributed by atoms with van der Waals surface area (Å²) in [5.41, 5.74) is 3.91. The van der Waals surface area contributed by atoms with Gasteiger partial charge in [-0.2, -0.15) is 9.40 Å². The Kier molecular flexibility index (Phi) is 5.74. The van der Waals surface area contributed by atoms with Gasteiger partial charge >= 0.3 is 0 Å². The van der Waals surface area contributed by atoms with Gasteiger partial charge in [0.05, 0.1) is 23.8 Å². The second-order valence-electron chi connectivity index (χ2n) is 7.58. The van der Waals surface area contributed by atoms with Gasteiger partial charge in [-0.25, -0.2) is 12.8 Å². The van der Waals surface area contributed by atoms with Gasteiger partial charge in [0.1, 0.15) is 5.82 Å². The van der Waals surface area contributed by atoms with Crippen molar-refractivity contribution in [3.05, 3.63) is 46.5 Å². The first kappa shape index (κ1) is 20.5. The lowest BCUT2D eigenvalue weighted by Crippen LogP contribution is -2.48. The van der Waals surface area contributed by atoms with Gasteiger partial charge in [-0.1, -0.05) is 6.07 Å². The molecule has 1 aromatic heterocycles. The fourth-order valence-corrected chi connectivity index (χ4v) is 5.42. The van der Waals surface area contributed by atoms with E-state index in [1.165, 1.54) is 27.7 Å². The molecule has 0 aliphatic carbocycles. The van der Waals surface area contributed by atoms with Gasteiger partial charge in [0, 0.05) is 56.9 Å². The van der Waals surface area contributed by atoms with Crippen LogP contribution in [0.5, 0.6) is 0 Å². The molecule has 7 nitrogen and oxygen atoms in total. The number of aryl methyl sites for hydroxylation is 2. The molecule has 1 saturated heterocycles. The zero-order valence-electron chi connectivity index (χ0n) is 16.9. The zero-order valence-corrected chi connectivity index (χ0v) is 17.7. The Balaban J connectivity index is 1.43. The molecule has 0 bridgehead atoms. The number of halogens is 1. The van der Waals surface area contributed by atoms with Crippen molar-refractivity contribution < 1.29 is 17.5 Å². The Morgan fingerprint density at radius 1 is 1.21 bits per heavy atom. The molecule has 2 aliphatic heterocycles. The highest BCUT2D eigenvalue weighted by atomic mass is 32.2. The molecular weight excluding hydrogens is 395 g/mol. The molecule has 4 rings (SSSR count). The van der Waals surface area contributed by atoms with Crippen molar-refractivity contribution in [2.24, 2.45) is 0 Å². The third-order valence-electron chi connectivity index (χ3n) is 5.76. The average molecular weight is 423 g/mol. The second kappa shape index (κ2) is 8.14. The van der Waals surface area contributed by atoms with E-state index in [0.29, 0.717) is 44.9 Å². The van der Waals surface area contributed by atoms with Crippen LogP contribution in [-0.4, -0.2) is 60.2 Å². The molecule has 0 N–H and O–H groups in total. The number of hydrogen-bond donors (Lipinski definition) is 0. The molecule has 9 heteroatoms. The van der Waals surface area contributed by atoms with Gasteiger partial charge in [0.15, 0.2) is 0 Å². The Bertz CT molecular complexity index is 997. The van der Waals surface area contributed by atoms with Crippen molar-refractivity contribution in [3.8, 4) is 0 Å². The highest BCUT2D eigenvalue weighted by Gasteiger charge is 2.30. The predicted molar refractivity (Wildman–Crippen MR) is 106 cm³/mol. The van der Waals surface area contributed by atoms with Crippen LogP contribution >= 0.6 is 0 Å². The normalized spacial score (nSPS) is 18.7. The Labute approximate surface area is 171 Å². The molecule has 158 valence electrons. The Morgan fingerprint density at radius 3 is 2.66 bits per heavy atom. The summed E-state index contributed by atoms with van der Waals surface area (Å²) in [6.45, 7) is 8.54. The highest BCUT2D eigenvalue weighted by molar-refractivity contribution is 7.89. The van der Waals surface area contributed by atoms with Crippen molar-refractivity contribution >= 4 is 10.0 Å². The minimum absolute atomic E-state index is 0.0157. The van der Waals surface area contributed by atoms with Crippen LogP contribution in [-0.2, 0) is 40.9 Å². The van der Waals surface area contributed by atoms with Crippen LogP contribution in [0.3, 0.4) is 0 Å². The van der Waals surface area contributed by atoms with Crippen LogP contribution in [0.25, 0.3) is 0 Å². The first-order valence-corrected chi connectivity index (χ1v) is 11.5. The first-order valence-electron chi connectivity index (χ1n) is 10.0. The molecule has 0 unspecified atom stereocenters. The number of fused-ring (bicyclic) bond motifs is 1. The summed E-state index contributed by atoms with van der Waals surface area (Å²) in [5.74, 6) is -0.497. The molecule has 2 aliphatic rings. The van der Waals surface area contributed by atoms with E-state index in [1.54, 1.807) is 6.92 Å². The molecule has 1 fully saturated rings. The summed E-state index contributed by atoms with van der Waals surface area (Å²) in [6.07, 6.45) is 0.884. The van der Waals surface area contributed by atoms with Crippen LogP contribution in [0.15, 0.2) is 23.1 Å². The summed E-state index contributed by atoms with van der Waals surface area (Å²) in [7, 11) is -3.68. The fraction of sp³-hybridized carbons (Fsp3) is 0.550. The Hall–Kier alpha value is -1.81. The van der Waals surface area contributed by atoms with Crippen molar-refractivity contribution in [2.45, 2.75) is 44.9 Å². The minimum atomic E-state index is -3.68. The number of hydrogen-bond acceptors (Lipinski definition) is 5. The van der Waals surface area contributed by atoms with Crippen molar-refractivity contribution in [1.29, 1.82) is 0 Å². The summed E-state index contributed by atoms with van der Waals surface area (Å²) in [5, 5.41) is 4.76. The Morgan fingerprint density at radius 2 is 1.97 bits per heavy atom. The molecule has 0 atom stereocenters. The number of sulfonamides is 1. The maximum atomic E-state index is 13.8. The number of nitrogens with zero attached hydrogens (tertiary/aromatic N) is 4. The molecule has 2 aromatic rings. The first-order chi connectivity index (χ1) is 13.9. The lowest BCUT2D eigenvalue weighted by Gasteiger charge is -2.33. The molecule has 0 amide bonds. The lowest BCUT2D eigenvalue weighted by molar-refractivity contribution is 0.107. The molecule has 0 radical (unpaired) electrons. The number of aromatic nitrogens is 2. The third-order valence-corrected chi connectivity index (χ3v) is 7.66. The van der Waals surface area contributed by atoms with Crippen LogP contribution < -0.4 is 0 Å². The maximum absolute atomic E-state index is 13.8. The van der Waals surface area contributed by atoms with Gasteiger partial charge in [0.2, 0.25) is 10.0 Å². The van der Waals surface area contributed by atoms with E-state index in [-0.39, 0.29) is 4.90 Å². The largest absolute Gasteiger partial charge is 0.376 e. The standard InChI is InChI=1S/C20H27FN4O3S/c1-3-25-20-6-11-28-14-17(20)19(22-25)13-23-7-9-24(10-8-23)29(26,27)16-5-4-15(2)18(21)12-16/h4-5,12H,3,6-11,13-14H2,1-2H3. The topological polar surface area (TPSA) is 67.7 Å². The monoisotopic (exact) mass is 422 g/mol. The molecular formula is C20H27FN4O3S. The zero-order chi connectivity index (χ0) is 20.6. The van der Waals surface area contributed by atoms with Gasteiger partial charge < -0.3 is 4.74 Å². The van der Waals surface area contributed by atoms with E-state index in [2.05, 4.69) is 16.5 Å². The number of rotatable bonds is 5. The molecule has 3 heterocycles. The van der Waals surface area contributed by atoms with Gasteiger partial charge in [0.25, 0.3) is 0 Å². The highest BCUT2D eigenvalue weighted by Crippen LogP contribution is 2.24. The van der Waals surface area contributed by atoms with Crippen LogP contribution in [0.2, 0.25) is 0 Å². The number of ether oxygens (including phenoxy) is 1. The van der Waals surface area contributed by atoms with Crippen molar-refractivity contribution in [1.82, 2.24) is 19.0 Å². The number of benzene rings is 1. The van der Waals surface area contributed by atoms with Crippen LogP contribution in [0.4, 0.5) is 4.39 Å². The van der Waals surface area contributed by atoms with E-state index < -0.39 is 15.8 Å². The summed E-state index contributed by atoms with van der Waals surface area (Å²) in [4.78, 5) is 2.24. The summed E-state index contributed by atoms with van der Waals surface area (Å²) < 4.78 is 48.7. The van der Waals surface area contributed by atoms with E-state index >= 15 is 0 Å². The van der Waals surface area contributed by atoms with E-state index in [0.717, 1.165) is 31.3 Å². The maximum Gasteiger partial charge on any atom is 0.243 e. The summed E-state index contributed by atoms with van der Waals surface area (Å²) >= 11 is 0. The average Bonchev–Trinajstić information content (AvgIpc) is 3.08. The van der Waals surface area contributed by atoms with Gasteiger partial charge in [-0.15, -0.1) is 0 Å². The van der Waals surface area contributed by atoms with Crippen LogP contribution in [0, 0.1) is 12.7 Å². The fourth-order valence-electron chi connectivity index (χ4n) is 3.99. The molecule has 29 heavy (non-hydrogen) atoms. The SMILES string of the molecule is CCn1nc(CN2CCN(S(=O)(=O)c3ccc(C)c(F)c3)CC2)c2c1CCOC2. The summed E-state index contributed by atoms with van der Waals surface area (Å²) in [6, 6.07) is 4.10. The molecule has 0 saturated carbocycles. The lowest BCUT2D eigenvalue weighted by atomic mass is 10.1. The van der Waals surface area contributed by atoms with Crippen molar-refractivity contribution in [3.63, 3.8) is 0 Å². The predicted octanol–water partition coefficient (Wildman–Crippen LogP) is 1.93. The molecule has 1 aromatic carbocycles. The number of piperazine rings is 1. The van der Waals surface area contributed by atoms with E-state index in [1.807, 2.05) is 0 Å². The van der Waals surface area contributed by atoms with E-state index in [4.69, 9.17) is 9.84 Å². The smallest absolute Gasteiger partial charge is 0.243 e. The van der Waals surface area contributed by atoms with Crippen LogP contribution in [0.1, 0.15) is 29.4 Å².